The molecule has 0 aliphatic carbocycles. The van der Waals surface area contributed by atoms with Gasteiger partial charge in [0.1, 0.15) is 0 Å². The molecule has 1 atom stereocenters. The minimum absolute atomic E-state index is 0.0267. The Balaban J connectivity index is 2.27. The van der Waals surface area contributed by atoms with Gasteiger partial charge in [-0.25, -0.2) is 0 Å². The standard InChI is InChI=1S/C17H17Cl2N/c1-11-7-8-12(2)14(9-11)10-20-13(3)15-5-4-6-16(18)17(15)19/h4-10,13H,1-3H3/b20-10-. The summed E-state index contributed by atoms with van der Waals surface area (Å²) in [7, 11) is 0. The average Bonchev–Trinajstić information content (AvgIpc) is 2.42. The van der Waals surface area contributed by atoms with E-state index in [9.17, 15) is 0 Å². The van der Waals surface area contributed by atoms with Gasteiger partial charge in [0.25, 0.3) is 0 Å². The Bertz CT molecular complexity index is 647. The predicted octanol–water partition coefficient (Wildman–Crippen LogP) is 5.79. The molecule has 0 heterocycles. The van der Waals surface area contributed by atoms with Crippen molar-refractivity contribution in [2.45, 2.75) is 26.8 Å². The summed E-state index contributed by atoms with van der Waals surface area (Å²) in [6, 6.07) is 11.9. The molecule has 0 radical (unpaired) electrons. The van der Waals surface area contributed by atoms with Gasteiger partial charge in [-0.05, 0) is 43.5 Å². The van der Waals surface area contributed by atoms with Crippen LogP contribution in [-0.4, -0.2) is 6.21 Å². The summed E-state index contributed by atoms with van der Waals surface area (Å²) in [5, 5.41) is 1.15. The van der Waals surface area contributed by atoms with E-state index >= 15 is 0 Å². The average molecular weight is 306 g/mol. The van der Waals surface area contributed by atoms with Crippen LogP contribution in [0.15, 0.2) is 41.4 Å². The molecule has 2 rings (SSSR count). The smallest absolute Gasteiger partial charge is 0.0736 e. The van der Waals surface area contributed by atoms with Crippen LogP contribution in [0.25, 0.3) is 0 Å². The largest absolute Gasteiger partial charge is 0.285 e. The van der Waals surface area contributed by atoms with Gasteiger partial charge in [-0.1, -0.05) is 59.1 Å². The van der Waals surface area contributed by atoms with Gasteiger partial charge < -0.3 is 0 Å². The number of benzene rings is 2. The Morgan fingerprint density at radius 3 is 2.60 bits per heavy atom. The SMILES string of the molecule is Cc1ccc(C)c(/C=N\C(C)c2cccc(Cl)c2Cl)c1. The van der Waals surface area contributed by atoms with Crippen LogP contribution >= 0.6 is 23.2 Å². The highest BCUT2D eigenvalue weighted by Gasteiger charge is 2.10. The van der Waals surface area contributed by atoms with Crippen molar-refractivity contribution in [1.29, 1.82) is 0 Å². The highest BCUT2D eigenvalue weighted by atomic mass is 35.5. The summed E-state index contributed by atoms with van der Waals surface area (Å²) in [4.78, 5) is 4.60. The summed E-state index contributed by atoms with van der Waals surface area (Å²) < 4.78 is 0. The topological polar surface area (TPSA) is 12.4 Å². The Kier molecular flexibility index (Phi) is 4.85. The van der Waals surface area contributed by atoms with E-state index in [4.69, 9.17) is 23.2 Å². The fraction of sp³-hybridized carbons (Fsp3) is 0.235. The molecule has 1 unspecified atom stereocenters. The van der Waals surface area contributed by atoms with Crippen LogP contribution in [0.3, 0.4) is 0 Å². The first kappa shape index (κ1) is 15.1. The quantitative estimate of drug-likeness (QED) is 0.636. The summed E-state index contributed by atoms with van der Waals surface area (Å²) in [5.41, 5.74) is 4.52. The fourth-order valence-corrected chi connectivity index (χ4v) is 2.48. The molecule has 0 aliphatic rings. The van der Waals surface area contributed by atoms with Crippen LogP contribution < -0.4 is 0 Å². The highest BCUT2D eigenvalue weighted by Crippen LogP contribution is 2.31. The molecule has 0 bridgehead atoms. The van der Waals surface area contributed by atoms with Crippen molar-refractivity contribution in [2.75, 3.05) is 0 Å². The van der Waals surface area contributed by atoms with Crippen molar-refractivity contribution in [2.24, 2.45) is 4.99 Å². The zero-order chi connectivity index (χ0) is 14.7. The van der Waals surface area contributed by atoms with Gasteiger partial charge in [0.05, 0.1) is 16.1 Å². The van der Waals surface area contributed by atoms with Crippen LogP contribution in [0, 0.1) is 13.8 Å². The number of rotatable bonds is 3. The molecule has 0 saturated heterocycles. The van der Waals surface area contributed by atoms with E-state index in [2.05, 4.69) is 37.0 Å². The van der Waals surface area contributed by atoms with Crippen molar-refractivity contribution >= 4 is 29.4 Å². The third-order valence-corrected chi connectivity index (χ3v) is 4.14. The first-order valence-electron chi connectivity index (χ1n) is 6.53. The zero-order valence-corrected chi connectivity index (χ0v) is 13.3. The summed E-state index contributed by atoms with van der Waals surface area (Å²) in [6.45, 7) is 6.17. The van der Waals surface area contributed by atoms with E-state index < -0.39 is 0 Å². The van der Waals surface area contributed by atoms with Gasteiger partial charge in [-0.3, -0.25) is 4.99 Å². The maximum atomic E-state index is 6.22. The summed E-state index contributed by atoms with van der Waals surface area (Å²) in [5.74, 6) is 0. The van der Waals surface area contributed by atoms with Crippen LogP contribution in [0.4, 0.5) is 0 Å². The molecule has 2 aromatic rings. The maximum absolute atomic E-state index is 6.22. The Morgan fingerprint density at radius 1 is 1.10 bits per heavy atom. The third kappa shape index (κ3) is 3.41. The van der Waals surface area contributed by atoms with Crippen LogP contribution in [0.2, 0.25) is 10.0 Å². The molecular weight excluding hydrogens is 289 g/mol. The minimum Gasteiger partial charge on any atom is -0.285 e. The first-order valence-corrected chi connectivity index (χ1v) is 7.29. The molecule has 3 heteroatoms. The monoisotopic (exact) mass is 305 g/mol. The van der Waals surface area contributed by atoms with Crippen LogP contribution in [0.1, 0.15) is 35.2 Å². The lowest BCUT2D eigenvalue weighted by Gasteiger charge is -2.10. The lowest BCUT2D eigenvalue weighted by molar-refractivity contribution is 0.825. The maximum Gasteiger partial charge on any atom is 0.0736 e. The van der Waals surface area contributed by atoms with Crippen molar-refractivity contribution < 1.29 is 0 Å². The molecule has 1 nitrogen and oxygen atoms in total. The molecule has 0 saturated carbocycles. The number of hydrogen-bond acceptors (Lipinski definition) is 1. The lowest BCUT2D eigenvalue weighted by atomic mass is 10.1. The molecule has 2 aromatic carbocycles. The molecular formula is C17H17Cl2N. The molecule has 0 N–H and O–H groups in total. The normalized spacial score (nSPS) is 12.8. The van der Waals surface area contributed by atoms with E-state index in [-0.39, 0.29) is 6.04 Å². The molecule has 0 fully saturated rings. The van der Waals surface area contributed by atoms with E-state index in [1.807, 2.05) is 25.3 Å². The second-order valence-corrected chi connectivity index (χ2v) is 5.74. The predicted molar refractivity (Wildman–Crippen MR) is 88.4 cm³/mol. The van der Waals surface area contributed by atoms with E-state index in [1.165, 1.54) is 11.1 Å². The van der Waals surface area contributed by atoms with Gasteiger partial charge in [0.2, 0.25) is 0 Å². The first-order chi connectivity index (χ1) is 9.49. The minimum atomic E-state index is -0.0267. The van der Waals surface area contributed by atoms with Crippen molar-refractivity contribution in [3.63, 3.8) is 0 Å². The number of nitrogens with zero attached hydrogens (tertiary/aromatic N) is 1. The molecule has 20 heavy (non-hydrogen) atoms. The third-order valence-electron chi connectivity index (χ3n) is 3.30. The number of hydrogen-bond donors (Lipinski definition) is 0. The van der Waals surface area contributed by atoms with Gasteiger partial charge in [0.15, 0.2) is 0 Å². The molecule has 0 amide bonds. The highest BCUT2D eigenvalue weighted by molar-refractivity contribution is 6.42. The van der Waals surface area contributed by atoms with E-state index in [1.54, 1.807) is 6.07 Å². The van der Waals surface area contributed by atoms with Crippen LogP contribution in [-0.2, 0) is 0 Å². The second-order valence-electron chi connectivity index (χ2n) is 4.96. The van der Waals surface area contributed by atoms with Gasteiger partial charge in [-0.2, -0.15) is 0 Å². The molecule has 0 aromatic heterocycles. The van der Waals surface area contributed by atoms with E-state index in [0.717, 1.165) is 11.1 Å². The molecule has 104 valence electrons. The van der Waals surface area contributed by atoms with Crippen molar-refractivity contribution in [3.8, 4) is 0 Å². The van der Waals surface area contributed by atoms with Crippen molar-refractivity contribution in [1.82, 2.24) is 0 Å². The van der Waals surface area contributed by atoms with E-state index in [0.29, 0.717) is 10.0 Å². The van der Waals surface area contributed by atoms with Crippen molar-refractivity contribution in [3.05, 3.63) is 68.7 Å². The number of halogens is 2. The summed E-state index contributed by atoms with van der Waals surface area (Å²) >= 11 is 12.3. The molecule has 0 aliphatic heterocycles. The number of aliphatic imine (C=N–C) groups is 1. The van der Waals surface area contributed by atoms with Crippen LogP contribution in [0.5, 0.6) is 0 Å². The van der Waals surface area contributed by atoms with Gasteiger partial charge in [-0.15, -0.1) is 0 Å². The summed E-state index contributed by atoms with van der Waals surface area (Å²) in [6.07, 6.45) is 1.91. The zero-order valence-electron chi connectivity index (χ0n) is 11.8. The lowest BCUT2D eigenvalue weighted by Crippen LogP contribution is -1.94. The van der Waals surface area contributed by atoms with Gasteiger partial charge in [0, 0.05) is 6.21 Å². The Hall–Kier alpha value is -1.31. The Labute approximate surface area is 130 Å². The number of aryl methyl sites for hydroxylation is 2. The molecule has 0 spiro atoms. The fourth-order valence-electron chi connectivity index (χ4n) is 2.01. The van der Waals surface area contributed by atoms with Gasteiger partial charge >= 0.3 is 0 Å². The Morgan fingerprint density at radius 2 is 1.85 bits per heavy atom. The second kappa shape index (κ2) is 6.43.